The van der Waals surface area contributed by atoms with E-state index in [4.69, 9.17) is 9.47 Å². The number of allylic oxidation sites excluding steroid dienone is 4. The van der Waals surface area contributed by atoms with Crippen LogP contribution in [0.2, 0.25) is 0 Å². The normalized spacial score (nSPS) is 34.8. The lowest BCUT2D eigenvalue weighted by molar-refractivity contribution is -0.138. The number of carbonyl (C=O) groups excluding carboxylic acids is 1. The largest absolute Gasteiger partial charge is 0.423 e. The lowest BCUT2D eigenvalue weighted by Gasteiger charge is -2.58. The molecule has 7 heteroatoms. The van der Waals surface area contributed by atoms with Crippen molar-refractivity contribution in [2.24, 2.45) is 22.7 Å². The summed E-state index contributed by atoms with van der Waals surface area (Å²) in [6.45, 7) is 8.76. The summed E-state index contributed by atoms with van der Waals surface area (Å²) in [5.74, 6) is -0.178. The van der Waals surface area contributed by atoms with E-state index in [0.717, 1.165) is 12.8 Å². The molecule has 204 valence electrons. The van der Waals surface area contributed by atoms with Gasteiger partial charge in [0.15, 0.2) is 0 Å². The molecule has 0 aromatic heterocycles. The first kappa shape index (κ1) is 26.9. The fourth-order valence-electron chi connectivity index (χ4n) is 7.02. The van der Waals surface area contributed by atoms with E-state index in [1.165, 1.54) is 11.6 Å². The lowest BCUT2D eigenvalue weighted by Crippen LogP contribution is -2.56. The molecule has 0 spiro atoms. The second kappa shape index (κ2) is 10.4. The molecule has 2 aliphatic heterocycles. The molecule has 5 atom stereocenters. The van der Waals surface area contributed by atoms with Crippen molar-refractivity contribution in [3.63, 3.8) is 0 Å². The molecule has 0 bridgehead atoms. The van der Waals surface area contributed by atoms with Crippen LogP contribution in [0, 0.1) is 28.5 Å². The fraction of sp³-hybridized carbons (Fsp3) is 0.516. The molecule has 0 unspecified atom stereocenters. The maximum absolute atomic E-state index is 14.8. The zero-order chi connectivity index (χ0) is 27.1. The Hall–Kier alpha value is -2.74. The molecule has 2 heterocycles. The summed E-state index contributed by atoms with van der Waals surface area (Å²) >= 11 is 0. The number of fused-ring (bicyclic) bond motifs is 1. The standard InChI is InChI=1S/C31H38FNO5/c1-20-4-9-27-30(2,11-10-28(35)31(27,3)19-34)24(20)7-6-22-18-23(38-29(22)36)16-21-5-8-26(25(32)17-21)33-12-14-37-15-13-33/h4-8,16-18,24,27-28,34-35H,9-15,19H2,1-3H3/b7-6+,23-16-/t24-,27+,28-,30+,31+/m1/s1. The van der Waals surface area contributed by atoms with Crippen molar-refractivity contribution < 1.29 is 28.9 Å². The minimum atomic E-state index is -0.565. The number of morpholine rings is 1. The molecule has 1 aromatic carbocycles. The van der Waals surface area contributed by atoms with Gasteiger partial charge in [-0.3, -0.25) is 0 Å². The summed E-state index contributed by atoms with van der Waals surface area (Å²) in [7, 11) is 0. The molecule has 6 nitrogen and oxygen atoms in total. The number of rotatable bonds is 5. The summed E-state index contributed by atoms with van der Waals surface area (Å²) in [6.07, 6.45) is 11.2. The molecular formula is C31H38FNO5. The first-order valence-corrected chi connectivity index (χ1v) is 13.6. The highest BCUT2D eigenvalue weighted by atomic mass is 19.1. The number of anilines is 1. The van der Waals surface area contributed by atoms with E-state index in [2.05, 4.69) is 26.0 Å². The third kappa shape index (κ3) is 4.76. The van der Waals surface area contributed by atoms with Crippen LogP contribution < -0.4 is 4.90 Å². The van der Waals surface area contributed by atoms with Gasteiger partial charge in [0.25, 0.3) is 0 Å². The number of halogens is 1. The Labute approximate surface area is 224 Å². The summed E-state index contributed by atoms with van der Waals surface area (Å²) in [5.41, 5.74) is 2.14. The van der Waals surface area contributed by atoms with Gasteiger partial charge in [-0.2, -0.15) is 0 Å². The summed E-state index contributed by atoms with van der Waals surface area (Å²) in [6, 6.07) is 5.04. The molecule has 4 aliphatic rings. The predicted molar refractivity (Wildman–Crippen MR) is 145 cm³/mol. The quantitative estimate of drug-likeness (QED) is 0.427. The van der Waals surface area contributed by atoms with Crippen LogP contribution in [0.5, 0.6) is 0 Å². The summed E-state index contributed by atoms with van der Waals surface area (Å²) < 4.78 is 25.6. The Balaban J connectivity index is 1.36. The molecule has 5 rings (SSSR count). The lowest BCUT2D eigenvalue weighted by atomic mass is 9.47. The highest BCUT2D eigenvalue weighted by molar-refractivity contribution is 5.96. The van der Waals surface area contributed by atoms with Crippen LogP contribution in [0.4, 0.5) is 10.1 Å². The minimum Gasteiger partial charge on any atom is -0.423 e. The third-order valence-corrected chi connectivity index (χ3v) is 9.37. The highest BCUT2D eigenvalue weighted by Gasteiger charge is 2.56. The van der Waals surface area contributed by atoms with Crippen molar-refractivity contribution in [1.82, 2.24) is 0 Å². The Morgan fingerprint density at radius 1 is 1.24 bits per heavy atom. The number of hydrogen-bond donors (Lipinski definition) is 2. The number of cyclic esters (lactones) is 1. The smallest absolute Gasteiger partial charge is 0.343 e. The van der Waals surface area contributed by atoms with E-state index < -0.39 is 17.5 Å². The van der Waals surface area contributed by atoms with Gasteiger partial charge in [-0.1, -0.05) is 43.7 Å². The second-order valence-corrected chi connectivity index (χ2v) is 11.6. The number of ether oxygens (including phenoxy) is 2. The Morgan fingerprint density at radius 3 is 2.71 bits per heavy atom. The molecule has 1 saturated carbocycles. The van der Waals surface area contributed by atoms with Gasteiger partial charge in [-0.25, -0.2) is 9.18 Å². The van der Waals surface area contributed by atoms with Crippen LogP contribution in [-0.2, 0) is 14.3 Å². The van der Waals surface area contributed by atoms with Gasteiger partial charge >= 0.3 is 5.97 Å². The van der Waals surface area contributed by atoms with Crippen LogP contribution in [0.3, 0.4) is 0 Å². The monoisotopic (exact) mass is 523 g/mol. The van der Waals surface area contributed by atoms with Gasteiger partial charge in [-0.05, 0) is 67.4 Å². The first-order valence-electron chi connectivity index (χ1n) is 13.6. The van der Waals surface area contributed by atoms with Gasteiger partial charge in [-0.15, -0.1) is 0 Å². The Bertz CT molecular complexity index is 1210. The average Bonchev–Trinajstić information content (AvgIpc) is 3.25. The second-order valence-electron chi connectivity index (χ2n) is 11.6. The van der Waals surface area contributed by atoms with Gasteiger partial charge in [0.05, 0.1) is 37.2 Å². The number of hydrogen-bond acceptors (Lipinski definition) is 6. The molecular weight excluding hydrogens is 485 g/mol. The van der Waals surface area contributed by atoms with Crippen molar-refractivity contribution in [2.75, 3.05) is 37.8 Å². The zero-order valence-corrected chi connectivity index (χ0v) is 22.5. The highest BCUT2D eigenvalue weighted by Crippen LogP contribution is 2.60. The molecule has 0 radical (unpaired) electrons. The molecule has 1 aromatic rings. The minimum absolute atomic E-state index is 0.0581. The van der Waals surface area contributed by atoms with Crippen molar-refractivity contribution in [2.45, 2.75) is 46.1 Å². The molecule has 2 fully saturated rings. The van der Waals surface area contributed by atoms with Crippen LogP contribution >= 0.6 is 0 Å². The van der Waals surface area contributed by atoms with Gasteiger partial charge in [0, 0.05) is 24.4 Å². The number of esters is 1. The third-order valence-electron chi connectivity index (χ3n) is 9.37. The maximum atomic E-state index is 14.8. The molecule has 38 heavy (non-hydrogen) atoms. The van der Waals surface area contributed by atoms with E-state index in [1.54, 1.807) is 18.2 Å². The van der Waals surface area contributed by atoms with E-state index in [0.29, 0.717) is 55.3 Å². The average molecular weight is 524 g/mol. The number of aliphatic hydroxyl groups excluding tert-OH is 2. The van der Waals surface area contributed by atoms with Crippen LogP contribution in [0.15, 0.2) is 59.4 Å². The molecule has 2 N–H and O–H groups in total. The SMILES string of the molecule is CC1=CC[C@@H]2[C@](C)(CO)[C@H](O)CC[C@@]2(C)[C@@H]1/C=C/C1=CC(=C/c2ccc(N3CCOCC3)c(F)c2)/OC1=O. The number of aliphatic hydroxyl groups is 2. The number of nitrogens with zero attached hydrogens (tertiary/aromatic N) is 1. The molecule has 2 aliphatic carbocycles. The Morgan fingerprint density at radius 2 is 2.00 bits per heavy atom. The van der Waals surface area contributed by atoms with Crippen molar-refractivity contribution >= 4 is 17.7 Å². The summed E-state index contributed by atoms with van der Waals surface area (Å²) in [4.78, 5) is 14.6. The first-order chi connectivity index (χ1) is 18.2. The number of carbonyl (C=O) groups is 1. The summed E-state index contributed by atoms with van der Waals surface area (Å²) in [5, 5.41) is 20.9. The number of benzene rings is 1. The molecule has 1 saturated heterocycles. The zero-order valence-electron chi connectivity index (χ0n) is 22.5. The predicted octanol–water partition coefficient (Wildman–Crippen LogP) is 4.78. The Kier molecular flexibility index (Phi) is 7.37. The fourth-order valence-corrected chi connectivity index (χ4v) is 7.02. The van der Waals surface area contributed by atoms with Crippen LogP contribution in [-0.4, -0.2) is 55.2 Å². The van der Waals surface area contributed by atoms with E-state index in [-0.39, 0.29) is 29.7 Å². The van der Waals surface area contributed by atoms with E-state index >= 15 is 0 Å². The van der Waals surface area contributed by atoms with Gasteiger partial charge in [0.2, 0.25) is 0 Å². The van der Waals surface area contributed by atoms with Crippen molar-refractivity contribution in [3.8, 4) is 0 Å². The van der Waals surface area contributed by atoms with Crippen LogP contribution in [0.25, 0.3) is 6.08 Å². The van der Waals surface area contributed by atoms with E-state index in [1.807, 2.05) is 24.0 Å². The van der Waals surface area contributed by atoms with Gasteiger partial charge in [0.1, 0.15) is 11.6 Å². The topological polar surface area (TPSA) is 79.2 Å². The van der Waals surface area contributed by atoms with Crippen molar-refractivity contribution in [3.05, 3.63) is 70.8 Å². The molecule has 0 amide bonds. The van der Waals surface area contributed by atoms with Crippen molar-refractivity contribution in [1.29, 1.82) is 0 Å². The van der Waals surface area contributed by atoms with Gasteiger partial charge < -0.3 is 24.6 Å². The van der Waals surface area contributed by atoms with Crippen LogP contribution in [0.1, 0.15) is 45.6 Å². The maximum Gasteiger partial charge on any atom is 0.343 e. The van der Waals surface area contributed by atoms with E-state index in [9.17, 15) is 19.4 Å².